The first kappa shape index (κ1) is 23.9. The first-order valence-electron chi connectivity index (χ1n) is 12.3. The number of anilines is 1. The Morgan fingerprint density at radius 3 is 2.46 bits per heavy atom. The van der Waals surface area contributed by atoms with Gasteiger partial charge in [-0.1, -0.05) is 47.1 Å². The number of aryl methyl sites for hydroxylation is 1. The van der Waals surface area contributed by atoms with Crippen LogP contribution in [0.25, 0.3) is 11.3 Å². The zero-order valence-corrected chi connectivity index (χ0v) is 20.8. The van der Waals surface area contributed by atoms with Gasteiger partial charge in [0.15, 0.2) is 0 Å². The number of fused-ring (bicyclic) bond motifs is 1. The molecule has 0 spiro atoms. The summed E-state index contributed by atoms with van der Waals surface area (Å²) in [5, 5.41) is 29.4. The number of β-amino-alcohol motifs (C(OH)–C–C–N with tert-alkyl or cyclic N) is 1. The van der Waals surface area contributed by atoms with Crippen LogP contribution in [0, 0.1) is 6.92 Å². The lowest BCUT2D eigenvalue weighted by Gasteiger charge is -2.37. The zero-order chi connectivity index (χ0) is 24.4. The minimum atomic E-state index is -0.519. The van der Waals surface area contributed by atoms with E-state index in [1.54, 1.807) is 0 Å². The molecule has 0 amide bonds. The van der Waals surface area contributed by atoms with E-state index in [-0.39, 0.29) is 0 Å². The number of piperazine rings is 1. The topological polar surface area (TPSA) is 77.1 Å². The van der Waals surface area contributed by atoms with Crippen molar-refractivity contribution in [1.29, 1.82) is 0 Å². The van der Waals surface area contributed by atoms with E-state index >= 15 is 0 Å². The molecule has 2 N–H and O–H groups in total. The Balaban J connectivity index is 1.27. The second-order valence-electron chi connectivity index (χ2n) is 9.53. The van der Waals surface area contributed by atoms with Crippen molar-refractivity contribution in [2.24, 2.45) is 5.16 Å². The second-order valence-corrected chi connectivity index (χ2v) is 9.97. The molecule has 3 aromatic rings. The summed E-state index contributed by atoms with van der Waals surface area (Å²) in [5.74, 6) is 0. The summed E-state index contributed by atoms with van der Waals surface area (Å²) < 4.78 is 1.96. The number of hydrogen-bond acceptors (Lipinski definition) is 6. The minimum absolute atomic E-state index is 0.444. The van der Waals surface area contributed by atoms with E-state index < -0.39 is 6.10 Å². The average Bonchev–Trinajstić information content (AvgIpc) is 3.22. The summed E-state index contributed by atoms with van der Waals surface area (Å²) >= 11 is 6.09. The third-order valence-electron chi connectivity index (χ3n) is 7.14. The highest BCUT2D eigenvalue weighted by Crippen LogP contribution is 2.31. The van der Waals surface area contributed by atoms with Gasteiger partial charge in [0.1, 0.15) is 0 Å². The number of aliphatic hydroxyl groups excluding tert-OH is 1. The van der Waals surface area contributed by atoms with Crippen molar-refractivity contribution in [1.82, 2.24) is 14.7 Å². The molecule has 35 heavy (non-hydrogen) atoms. The fourth-order valence-corrected chi connectivity index (χ4v) is 5.40. The number of para-hydroxylation sites is 1. The Labute approximate surface area is 211 Å². The lowest BCUT2D eigenvalue weighted by atomic mass is 9.92. The summed E-state index contributed by atoms with van der Waals surface area (Å²) in [6, 6.07) is 16.2. The average molecular weight is 494 g/mol. The van der Waals surface area contributed by atoms with E-state index in [4.69, 9.17) is 16.7 Å². The zero-order valence-electron chi connectivity index (χ0n) is 20.1. The highest BCUT2D eigenvalue weighted by atomic mass is 35.5. The molecule has 0 radical (unpaired) electrons. The van der Waals surface area contributed by atoms with Crippen LogP contribution in [0.3, 0.4) is 0 Å². The van der Waals surface area contributed by atoms with Gasteiger partial charge in [-0.3, -0.25) is 9.58 Å². The Hall–Kier alpha value is -2.87. The van der Waals surface area contributed by atoms with Gasteiger partial charge < -0.3 is 15.2 Å². The first-order chi connectivity index (χ1) is 17.0. The molecule has 1 unspecified atom stereocenters. The van der Waals surface area contributed by atoms with Crippen LogP contribution in [0.5, 0.6) is 0 Å². The van der Waals surface area contributed by atoms with Gasteiger partial charge in [0, 0.05) is 66.7 Å². The predicted octanol–water partition coefficient (Wildman–Crippen LogP) is 4.01. The summed E-state index contributed by atoms with van der Waals surface area (Å²) in [6.45, 7) is 6.99. The number of hydrogen-bond donors (Lipinski definition) is 2. The van der Waals surface area contributed by atoms with Gasteiger partial charge >= 0.3 is 0 Å². The summed E-state index contributed by atoms with van der Waals surface area (Å²) in [7, 11) is 0. The van der Waals surface area contributed by atoms with Crippen LogP contribution >= 0.6 is 11.6 Å². The summed E-state index contributed by atoms with van der Waals surface area (Å²) in [6.07, 6.45) is 1.50. The van der Waals surface area contributed by atoms with Gasteiger partial charge in [-0.05, 0) is 43.5 Å². The highest BCUT2D eigenvalue weighted by Gasteiger charge is 2.27. The highest BCUT2D eigenvalue weighted by molar-refractivity contribution is 6.30. The van der Waals surface area contributed by atoms with E-state index in [0.717, 1.165) is 60.8 Å². The Morgan fingerprint density at radius 1 is 1.00 bits per heavy atom. The maximum absolute atomic E-state index is 11.0. The van der Waals surface area contributed by atoms with Crippen molar-refractivity contribution in [2.45, 2.75) is 38.8 Å². The van der Waals surface area contributed by atoms with Crippen LogP contribution in [0.4, 0.5) is 5.69 Å². The van der Waals surface area contributed by atoms with Crippen LogP contribution in [-0.4, -0.2) is 69.5 Å². The maximum Gasteiger partial charge on any atom is 0.0961 e. The lowest BCUT2D eigenvalue weighted by Crippen LogP contribution is -2.49. The van der Waals surface area contributed by atoms with E-state index in [2.05, 4.69) is 46.1 Å². The number of nitrogens with zero attached hydrogens (tertiary/aromatic N) is 5. The standard InChI is InChI=1S/C27H32ClN5O2/c1-19-4-2-3-5-25(19)32-14-12-31(13-15-32)17-23(34)18-33-26-11-10-22(30-35)16-24(26)27(29-33)20-6-8-21(28)9-7-20/h2-9,23,34-35H,10-18H2,1H3. The third kappa shape index (κ3) is 5.22. The third-order valence-corrected chi connectivity index (χ3v) is 7.39. The molecule has 184 valence electrons. The molecular formula is C27H32ClN5O2. The van der Waals surface area contributed by atoms with Gasteiger partial charge in [0.05, 0.1) is 24.1 Å². The van der Waals surface area contributed by atoms with Crippen molar-refractivity contribution in [2.75, 3.05) is 37.6 Å². The molecular weight excluding hydrogens is 462 g/mol. The molecule has 0 bridgehead atoms. The van der Waals surface area contributed by atoms with Crippen LogP contribution in [-0.2, 0) is 19.4 Å². The number of oxime groups is 1. The van der Waals surface area contributed by atoms with Crippen LogP contribution in [0.1, 0.15) is 23.2 Å². The minimum Gasteiger partial charge on any atom is -0.411 e. The quantitative estimate of drug-likeness (QED) is 0.400. The Kier molecular flexibility index (Phi) is 7.09. The van der Waals surface area contributed by atoms with E-state index in [9.17, 15) is 10.3 Å². The summed E-state index contributed by atoms with van der Waals surface area (Å²) in [4.78, 5) is 4.77. The first-order valence-corrected chi connectivity index (χ1v) is 12.6. The van der Waals surface area contributed by atoms with E-state index in [0.29, 0.717) is 31.0 Å². The lowest BCUT2D eigenvalue weighted by molar-refractivity contribution is 0.0913. The molecule has 2 aliphatic rings. The van der Waals surface area contributed by atoms with E-state index in [1.807, 2.05) is 28.9 Å². The van der Waals surface area contributed by atoms with Gasteiger partial charge in [-0.25, -0.2) is 0 Å². The van der Waals surface area contributed by atoms with Gasteiger partial charge in [0.2, 0.25) is 0 Å². The molecule has 2 aromatic carbocycles. The van der Waals surface area contributed by atoms with E-state index in [1.165, 1.54) is 11.3 Å². The predicted molar refractivity (Wildman–Crippen MR) is 140 cm³/mol. The Bertz CT molecular complexity index is 1200. The van der Waals surface area contributed by atoms with Gasteiger partial charge in [-0.15, -0.1) is 0 Å². The molecule has 2 heterocycles. The number of benzene rings is 2. The molecule has 0 saturated carbocycles. The van der Waals surface area contributed by atoms with Crippen molar-refractivity contribution in [3.05, 3.63) is 70.4 Å². The largest absolute Gasteiger partial charge is 0.411 e. The van der Waals surface area contributed by atoms with Crippen molar-refractivity contribution in [3.8, 4) is 11.3 Å². The molecule has 7 nitrogen and oxygen atoms in total. The SMILES string of the molecule is Cc1ccccc1N1CCN(CC(O)Cn2nc(-c3ccc(Cl)cc3)c3c2CCC(=NO)C3)CC1. The Morgan fingerprint density at radius 2 is 1.74 bits per heavy atom. The summed E-state index contributed by atoms with van der Waals surface area (Å²) in [5.41, 5.74) is 7.41. The molecule has 5 rings (SSSR count). The van der Waals surface area contributed by atoms with Crippen molar-refractivity contribution in [3.63, 3.8) is 0 Å². The number of rotatable bonds is 6. The molecule has 1 aromatic heterocycles. The van der Waals surface area contributed by atoms with Crippen LogP contribution in [0.15, 0.2) is 53.7 Å². The van der Waals surface area contributed by atoms with Crippen LogP contribution in [0.2, 0.25) is 5.02 Å². The second kappa shape index (κ2) is 10.4. The van der Waals surface area contributed by atoms with Crippen molar-refractivity contribution < 1.29 is 10.3 Å². The van der Waals surface area contributed by atoms with Crippen molar-refractivity contribution >= 4 is 23.0 Å². The maximum atomic E-state index is 11.0. The fraction of sp³-hybridized carbons (Fsp3) is 0.407. The van der Waals surface area contributed by atoms with Gasteiger partial charge in [-0.2, -0.15) is 5.10 Å². The molecule has 1 fully saturated rings. The van der Waals surface area contributed by atoms with Crippen LogP contribution < -0.4 is 4.90 Å². The molecule has 1 saturated heterocycles. The number of aliphatic hydroxyl groups is 1. The molecule has 1 aliphatic carbocycles. The van der Waals surface area contributed by atoms with Gasteiger partial charge in [0.25, 0.3) is 0 Å². The normalized spacial score (nSPS) is 18.6. The smallest absolute Gasteiger partial charge is 0.0961 e. The molecule has 1 aliphatic heterocycles. The molecule has 1 atom stereocenters. The monoisotopic (exact) mass is 493 g/mol. The number of aromatic nitrogens is 2. The molecule has 8 heteroatoms. The fourth-order valence-electron chi connectivity index (χ4n) is 5.28. The number of halogens is 1.